The van der Waals surface area contributed by atoms with Gasteiger partial charge in [0.2, 0.25) is 5.28 Å². The van der Waals surface area contributed by atoms with Crippen LogP contribution in [-0.2, 0) is 4.74 Å². The van der Waals surface area contributed by atoms with Gasteiger partial charge in [-0.15, -0.1) is 0 Å². The summed E-state index contributed by atoms with van der Waals surface area (Å²) in [5.41, 5.74) is 0.998. The molecule has 2 saturated heterocycles. The molecule has 3 atom stereocenters. The summed E-state index contributed by atoms with van der Waals surface area (Å²) < 4.78 is 7.81. The maximum absolute atomic E-state index is 11.9. The number of rotatable bonds is 3. The van der Waals surface area contributed by atoms with E-state index < -0.39 is 6.09 Å². The molecule has 1 amide bonds. The second-order valence-corrected chi connectivity index (χ2v) is 9.50. The van der Waals surface area contributed by atoms with Gasteiger partial charge in [0, 0.05) is 19.2 Å². The Kier molecular flexibility index (Phi) is 5.76. The lowest BCUT2D eigenvalue weighted by molar-refractivity contribution is -0.0298. The van der Waals surface area contributed by atoms with E-state index in [0.717, 1.165) is 32.1 Å². The van der Waals surface area contributed by atoms with Crippen LogP contribution in [0.5, 0.6) is 0 Å². The van der Waals surface area contributed by atoms with Crippen LogP contribution in [0, 0.1) is 5.41 Å². The van der Waals surface area contributed by atoms with E-state index in [1.54, 1.807) is 6.33 Å². The lowest BCUT2D eigenvalue weighted by Gasteiger charge is -2.47. The van der Waals surface area contributed by atoms with Gasteiger partial charge in [-0.25, -0.2) is 9.78 Å². The zero-order chi connectivity index (χ0) is 21.5. The van der Waals surface area contributed by atoms with Gasteiger partial charge in [-0.05, 0) is 49.1 Å². The van der Waals surface area contributed by atoms with Crippen molar-refractivity contribution >= 4 is 34.7 Å². The summed E-state index contributed by atoms with van der Waals surface area (Å²) in [6.45, 7) is 7.43. The van der Waals surface area contributed by atoms with Crippen molar-refractivity contribution in [3.8, 4) is 0 Å². The van der Waals surface area contributed by atoms with Gasteiger partial charge < -0.3 is 20.1 Å². The quantitative estimate of drug-likeness (QED) is 0.696. The molecule has 2 aliphatic heterocycles. The molecule has 3 unspecified atom stereocenters. The van der Waals surface area contributed by atoms with Crippen LogP contribution >= 0.6 is 11.6 Å². The van der Waals surface area contributed by atoms with Gasteiger partial charge in [0.05, 0.1) is 12.4 Å². The van der Waals surface area contributed by atoms with Gasteiger partial charge in [0.1, 0.15) is 6.23 Å². The van der Waals surface area contributed by atoms with Crippen LogP contribution in [-0.4, -0.2) is 60.9 Å². The summed E-state index contributed by atoms with van der Waals surface area (Å²) in [6.07, 6.45) is 5.38. The lowest BCUT2D eigenvalue weighted by Crippen LogP contribution is -2.58. The zero-order valence-electron chi connectivity index (χ0n) is 17.6. The van der Waals surface area contributed by atoms with Crippen molar-refractivity contribution in [2.75, 3.05) is 18.5 Å². The Hall–Kier alpha value is -2.13. The molecule has 0 spiro atoms. The third-order valence-electron chi connectivity index (χ3n) is 5.95. The molecule has 2 aliphatic rings. The number of nitrogens with zero attached hydrogens (tertiary/aromatic N) is 5. The van der Waals surface area contributed by atoms with Crippen LogP contribution in [0.2, 0.25) is 5.28 Å². The van der Waals surface area contributed by atoms with Crippen LogP contribution < -0.4 is 5.32 Å². The minimum absolute atomic E-state index is 0.109. The molecule has 0 bridgehead atoms. The number of hydrogen-bond acceptors (Lipinski definition) is 6. The highest BCUT2D eigenvalue weighted by Gasteiger charge is 2.42. The van der Waals surface area contributed by atoms with Crippen molar-refractivity contribution in [3.05, 3.63) is 11.6 Å². The van der Waals surface area contributed by atoms with Gasteiger partial charge in [0.15, 0.2) is 17.0 Å². The van der Waals surface area contributed by atoms with E-state index >= 15 is 0 Å². The van der Waals surface area contributed by atoms with Crippen molar-refractivity contribution in [3.63, 3.8) is 0 Å². The highest BCUT2D eigenvalue weighted by molar-refractivity contribution is 6.28. The second kappa shape index (κ2) is 8.19. The van der Waals surface area contributed by atoms with E-state index in [1.807, 2.05) is 4.57 Å². The highest BCUT2D eigenvalue weighted by Crippen LogP contribution is 2.35. The molecule has 2 aromatic rings. The Labute approximate surface area is 180 Å². The summed E-state index contributed by atoms with van der Waals surface area (Å²) in [5, 5.41) is 13.3. The van der Waals surface area contributed by atoms with Gasteiger partial charge in [0.25, 0.3) is 0 Å². The molecule has 2 N–H and O–H groups in total. The van der Waals surface area contributed by atoms with Crippen LogP contribution in [0.15, 0.2) is 6.33 Å². The molecule has 0 aromatic carbocycles. The minimum Gasteiger partial charge on any atom is -0.465 e. The average molecular weight is 437 g/mol. The van der Waals surface area contributed by atoms with E-state index in [2.05, 4.69) is 41.0 Å². The number of halogens is 1. The number of imidazole rings is 1. The smallest absolute Gasteiger partial charge is 0.407 e. The number of anilines is 1. The molecule has 2 fully saturated rings. The minimum atomic E-state index is -0.897. The first-order valence-electron chi connectivity index (χ1n) is 10.5. The van der Waals surface area contributed by atoms with E-state index in [1.165, 1.54) is 4.90 Å². The van der Waals surface area contributed by atoms with E-state index in [-0.39, 0.29) is 29.0 Å². The fraction of sp³-hybridized carbons (Fsp3) is 0.700. The molecule has 4 heterocycles. The normalized spacial score (nSPS) is 25.5. The van der Waals surface area contributed by atoms with E-state index in [0.29, 0.717) is 30.1 Å². The summed E-state index contributed by atoms with van der Waals surface area (Å²) in [5.74, 6) is 0.533. The molecule has 30 heavy (non-hydrogen) atoms. The summed E-state index contributed by atoms with van der Waals surface area (Å²) in [4.78, 5) is 26.8. The third-order valence-corrected chi connectivity index (χ3v) is 6.12. The van der Waals surface area contributed by atoms with Crippen molar-refractivity contribution in [2.24, 2.45) is 5.41 Å². The Balaban J connectivity index is 1.69. The number of aromatic nitrogens is 4. The number of fused-ring (bicyclic) bond motifs is 1. The fourth-order valence-electron chi connectivity index (χ4n) is 4.75. The number of ether oxygens (including phenoxy) is 1. The molecule has 164 valence electrons. The zero-order valence-corrected chi connectivity index (χ0v) is 18.4. The predicted octanol–water partition coefficient (Wildman–Crippen LogP) is 4.15. The third kappa shape index (κ3) is 4.05. The SMILES string of the molecule is CC(C)(C)C1C(Nc2nc(Cl)nc3c2ncn3C2CCCCO2)CCCN1C(=O)O. The molecular formula is C20H29ClN6O3. The maximum atomic E-state index is 11.9. The molecule has 0 saturated carbocycles. The van der Waals surface area contributed by atoms with Crippen LogP contribution in [0.25, 0.3) is 11.2 Å². The van der Waals surface area contributed by atoms with Crippen molar-refractivity contribution in [1.82, 2.24) is 24.4 Å². The molecular weight excluding hydrogens is 408 g/mol. The Morgan fingerprint density at radius 2 is 2.07 bits per heavy atom. The van der Waals surface area contributed by atoms with Crippen LogP contribution in [0.4, 0.5) is 10.6 Å². The summed E-state index contributed by atoms with van der Waals surface area (Å²) in [6, 6.07) is -0.323. The first-order valence-corrected chi connectivity index (χ1v) is 10.9. The Bertz CT molecular complexity index is 921. The molecule has 4 rings (SSSR count). The Morgan fingerprint density at radius 3 is 2.73 bits per heavy atom. The monoisotopic (exact) mass is 436 g/mol. The van der Waals surface area contributed by atoms with E-state index in [4.69, 9.17) is 16.3 Å². The number of amides is 1. The first-order chi connectivity index (χ1) is 14.3. The number of carboxylic acid groups (broad SMARTS) is 1. The number of carbonyl (C=O) groups is 1. The summed E-state index contributed by atoms with van der Waals surface area (Å²) in [7, 11) is 0. The number of piperidine rings is 1. The van der Waals surface area contributed by atoms with Crippen LogP contribution in [0.3, 0.4) is 0 Å². The molecule has 2 aromatic heterocycles. The molecule has 10 heteroatoms. The van der Waals surface area contributed by atoms with Gasteiger partial charge in [-0.3, -0.25) is 4.57 Å². The van der Waals surface area contributed by atoms with E-state index in [9.17, 15) is 9.90 Å². The van der Waals surface area contributed by atoms with Crippen molar-refractivity contribution < 1.29 is 14.6 Å². The van der Waals surface area contributed by atoms with Crippen molar-refractivity contribution in [2.45, 2.75) is 71.2 Å². The van der Waals surface area contributed by atoms with Gasteiger partial charge in [-0.1, -0.05) is 20.8 Å². The highest BCUT2D eigenvalue weighted by atomic mass is 35.5. The van der Waals surface area contributed by atoms with Crippen LogP contribution in [0.1, 0.15) is 59.1 Å². The molecule has 0 aliphatic carbocycles. The standard InChI is InChI=1S/C20H29ClN6O3/c1-20(2,3)15-12(7-6-9-26(15)19(28)29)23-16-14-17(25-18(21)24-16)27(11-22-14)13-8-4-5-10-30-13/h11-13,15H,4-10H2,1-3H3,(H,28,29)(H,23,24,25). The van der Waals surface area contributed by atoms with Gasteiger partial charge >= 0.3 is 6.09 Å². The second-order valence-electron chi connectivity index (χ2n) is 9.17. The number of hydrogen-bond donors (Lipinski definition) is 2. The number of likely N-dealkylation sites (tertiary alicyclic amines) is 1. The topological polar surface area (TPSA) is 105 Å². The fourth-order valence-corrected chi connectivity index (χ4v) is 4.92. The first kappa shape index (κ1) is 21.1. The van der Waals surface area contributed by atoms with Gasteiger partial charge in [-0.2, -0.15) is 9.97 Å². The Morgan fingerprint density at radius 1 is 1.27 bits per heavy atom. The van der Waals surface area contributed by atoms with Crippen molar-refractivity contribution in [1.29, 1.82) is 0 Å². The largest absolute Gasteiger partial charge is 0.465 e. The molecule has 9 nitrogen and oxygen atoms in total. The average Bonchev–Trinajstić information content (AvgIpc) is 3.11. The molecule has 0 radical (unpaired) electrons. The predicted molar refractivity (Wildman–Crippen MR) is 114 cm³/mol. The summed E-state index contributed by atoms with van der Waals surface area (Å²) >= 11 is 6.27. The lowest BCUT2D eigenvalue weighted by atomic mass is 9.77. The maximum Gasteiger partial charge on any atom is 0.407 e. The number of nitrogens with one attached hydrogen (secondary N) is 1.